The summed E-state index contributed by atoms with van der Waals surface area (Å²) in [6, 6.07) is 9.11. The molecule has 0 aromatic heterocycles. The van der Waals surface area contributed by atoms with E-state index in [-0.39, 0.29) is 18.2 Å². The van der Waals surface area contributed by atoms with Crippen molar-refractivity contribution in [3.05, 3.63) is 35.4 Å². The number of likely N-dealkylation sites (N-methyl/N-ethyl adjacent to an activating group) is 1. The Balaban J connectivity index is 1.94. The fourth-order valence-electron chi connectivity index (χ4n) is 2.87. The van der Waals surface area contributed by atoms with Gasteiger partial charge in [0.15, 0.2) is 0 Å². The quantitative estimate of drug-likeness (QED) is 0.795. The SMILES string of the molecule is CCNC(c1ccc(CC)cc1)C(C)OCC1CCCO1. The average Bonchev–Trinajstić information content (AvgIpc) is 3.04. The lowest BCUT2D eigenvalue weighted by Gasteiger charge is -2.26. The minimum Gasteiger partial charge on any atom is -0.376 e. The number of ether oxygens (including phenoxy) is 2. The van der Waals surface area contributed by atoms with Gasteiger partial charge >= 0.3 is 0 Å². The molecule has 1 N–H and O–H groups in total. The molecule has 3 heteroatoms. The summed E-state index contributed by atoms with van der Waals surface area (Å²) in [5.41, 5.74) is 2.68. The van der Waals surface area contributed by atoms with E-state index in [0.717, 1.165) is 32.4 Å². The molecule has 1 heterocycles. The number of benzene rings is 1. The van der Waals surface area contributed by atoms with Gasteiger partial charge in [-0.3, -0.25) is 0 Å². The molecule has 1 saturated heterocycles. The highest BCUT2D eigenvalue weighted by molar-refractivity contribution is 5.25. The summed E-state index contributed by atoms with van der Waals surface area (Å²) < 4.78 is 11.7. The van der Waals surface area contributed by atoms with Gasteiger partial charge in [-0.1, -0.05) is 38.1 Å². The summed E-state index contributed by atoms with van der Waals surface area (Å²) in [7, 11) is 0. The molecule has 1 fully saturated rings. The highest BCUT2D eigenvalue weighted by atomic mass is 16.5. The fourth-order valence-corrected chi connectivity index (χ4v) is 2.87. The third-order valence-corrected chi connectivity index (χ3v) is 4.21. The summed E-state index contributed by atoms with van der Waals surface area (Å²) >= 11 is 0. The highest BCUT2D eigenvalue weighted by Gasteiger charge is 2.22. The van der Waals surface area contributed by atoms with Crippen molar-refractivity contribution in [3.63, 3.8) is 0 Å². The molecule has 0 amide bonds. The van der Waals surface area contributed by atoms with Gasteiger partial charge in [-0.25, -0.2) is 0 Å². The van der Waals surface area contributed by atoms with Gasteiger partial charge in [0.05, 0.1) is 24.9 Å². The maximum absolute atomic E-state index is 6.06. The van der Waals surface area contributed by atoms with Crippen molar-refractivity contribution in [3.8, 4) is 0 Å². The van der Waals surface area contributed by atoms with Gasteiger partial charge in [-0.2, -0.15) is 0 Å². The minimum atomic E-state index is 0.140. The Kier molecular flexibility index (Phi) is 6.68. The molecule has 0 radical (unpaired) electrons. The van der Waals surface area contributed by atoms with Crippen LogP contribution in [-0.4, -0.2) is 32.0 Å². The van der Waals surface area contributed by atoms with Crippen molar-refractivity contribution in [2.45, 2.75) is 58.3 Å². The van der Waals surface area contributed by atoms with E-state index in [9.17, 15) is 0 Å². The van der Waals surface area contributed by atoms with E-state index in [2.05, 4.69) is 50.4 Å². The largest absolute Gasteiger partial charge is 0.376 e. The van der Waals surface area contributed by atoms with E-state index >= 15 is 0 Å². The van der Waals surface area contributed by atoms with Crippen LogP contribution in [0.15, 0.2) is 24.3 Å². The molecule has 2 rings (SSSR count). The molecular formula is C18H29NO2. The molecule has 118 valence electrons. The van der Waals surface area contributed by atoms with E-state index in [1.54, 1.807) is 0 Å². The van der Waals surface area contributed by atoms with Crippen LogP contribution in [0.4, 0.5) is 0 Å². The van der Waals surface area contributed by atoms with Crippen LogP contribution in [0.5, 0.6) is 0 Å². The lowest BCUT2D eigenvalue weighted by molar-refractivity contribution is -0.0268. The standard InChI is InChI=1S/C18H29NO2/c1-4-15-8-10-16(11-9-15)18(19-5-2)14(3)21-13-17-7-6-12-20-17/h8-11,14,17-19H,4-7,12-13H2,1-3H3. The maximum Gasteiger partial charge on any atom is 0.0809 e. The molecule has 1 aromatic carbocycles. The van der Waals surface area contributed by atoms with Gasteiger partial charge in [-0.05, 0) is 43.9 Å². The van der Waals surface area contributed by atoms with Gasteiger partial charge in [0.25, 0.3) is 0 Å². The molecule has 0 bridgehead atoms. The van der Waals surface area contributed by atoms with Crippen molar-refractivity contribution in [1.82, 2.24) is 5.32 Å². The Morgan fingerprint density at radius 1 is 1.29 bits per heavy atom. The average molecular weight is 291 g/mol. The Morgan fingerprint density at radius 2 is 2.05 bits per heavy atom. The molecular weight excluding hydrogens is 262 g/mol. The van der Waals surface area contributed by atoms with E-state index in [1.165, 1.54) is 11.1 Å². The molecule has 0 spiro atoms. The van der Waals surface area contributed by atoms with Crippen LogP contribution >= 0.6 is 0 Å². The van der Waals surface area contributed by atoms with Crippen molar-refractivity contribution in [2.24, 2.45) is 0 Å². The van der Waals surface area contributed by atoms with Gasteiger partial charge in [0.1, 0.15) is 0 Å². The number of hydrogen-bond donors (Lipinski definition) is 1. The van der Waals surface area contributed by atoms with Crippen LogP contribution in [-0.2, 0) is 15.9 Å². The molecule has 3 unspecified atom stereocenters. The van der Waals surface area contributed by atoms with E-state index < -0.39 is 0 Å². The summed E-state index contributed by atoms with van der Waals surface area (Å²) in [6.07, 6.45) is 3.80. The predicted molar refractivity (Wildman–Crippen MR) is 86.6 cm³/mol. The first-order valence-electron chi connectivity index (χ1n) is 8.30. The van der Waals surface area contributed by atoms with Crippen LogP contribution in [0.25, 0.3) is 0 Å². The minimum absolute atomic E-state index is 0.140. The van der Waals surface area contributed by atoms with Gasteiger partial charge < -0.3 is 14.8 Å². The zero-order valence-corrected chi connectivity index (χ0v) is 13.6. The van der Waals surface area contributed by atoms with E-state index in [4.69, 9.17) is 9.47 Å². The molecule has 1 aromatic rings. The highest BCUT2D eigenvalue weighted by Crippen LogP contribution is 2.21. The van der Waals surface area contributed by atoms with Crippen LogP contribution < -0.4 is 5.32 Å². The van der Waals surface area contributed by atoms with Crippen LogP contribution in [0.1, 0.15) is 50.8 Å². The zero-order chi connectivity index (χ0) is 15.1. The third kappa shape index (κ3) is 4.80. The van der Waals surface area contributed by atoms with E-state index in [0.29, 0.717) is 6.61 Å². The Morgan fingerprint density at radius 3 is 2.62 bits per heavy atom. The lowest BCUT2D eigenvalue weighted by atomic mass is 10.00. The Labute approximate surface area is 129 Å². The second-order valence-corrected chi connectivity index (χ2v) is 5.80. The first kappa shape index (κ1) is 16.5. The molecule has 0 saturated carbocycles. The molecule has 1 aliphatic rings. The predicted octanol–water partition coefficient (Wildman–Crippen LogP) is 3.48. The van der Waals surface area contributed by atoms with Crippen molar-refractivity contribution in [2.75, 3.05) is 19.8 Å². The lowest BCUT2D eigenvalue weighted by Crippen LogP contribution is -2.33. The van der Waals surface area contributed by atoms with Crippen LogP contribution in [0, 0.1) is 0 Å². The zero-order valence-electron chi connectivity index (χ0n) is 13.6. The molecule has 3 nitrogen and oxygen atoms in total. The fraction of sp³-hybridized carbons (Fsp3) is 0.667. The molecule has 0 aliphatic carbocycles. The second kappa shape index (κ2) is 8.52. The van der Waals surface area contributed by atoms with Crippen molar-refractivity contribution in [1.29, 1.82) is 0 Å². The Hall–Kier alpha value is -0.900. The topological polar surface area (TPSA) is 30.5 Å². The monoisotopic (exact) mass is 291 g/mol. The Bertz CT molecular complexity index is 398. The third-order valence-electron chi connectivity index (χ3n) is 4.21. The van der Waals surface area contributed by atoms with Crippen LogP contribution in [0.3, 0.4) is 0 Å². The number of hydrogen-bond acceptors (Lipinski definition) is 3. The molecule has 3 atom stereocenters. The second-order valence-electron chi connectivity index (χ2n) is 5.80. The van der Waals surface area contributed by atoms with Gasteiger partial charge in [-0.15, -0.1) is 0 Å². The van der Waals surface area contributed by atoms with Gasteiger partial charge in [0.2, 0.25) is 0 Å². The maximum atomic E-state index is 6.06. The van der Waals surface area contributed by atoms with Crippen molar-refractivity contribution < 1.29 is 9.47 Å². The first-order chi connectivity index (χ1) is 10.2. The van der Waals surface area contributed by atoms with E-state index in [1.807, 2.05) is 0 Å². The number of aryl methyl sites for hydroxylation is 1. The number of rotatable bonds is 8. The molecule has 21 heavy (non-hydrogen) atoms. The summed E-state index contributed by atoms with van der Waals surface area (Å²) in [6.45, 7) is 9.00. The van der Waals surface area contributed by atoms with Crippen LogP contribution in [0.2, 0.25) is 0 Å². The number of nitrogens with one attached hydrogen (secondary N) is 1. The normalized spacial score (nSPS) is 21.4. The summed E-state index contributed by atoms with van der Waals surface area (Å²) in [4.78, 5) is 0. The summed E-state index contributed by atoms with van der Waals surface area (Å²) in [5, 5.41) is 3.55. The van der Waals surface area contributed by atoms with Gasteiger partial charge in [0, 0.05) is 6.61 Å². The molecule has 1 aliphatic heterocycles. The smallest absolute Gasteiger partial charge is 0.0809 e. The summed E-state index contributed by atoms with van der Waals surface area (Å²) in [5.74, 6) is 0. The first-order valence-corrected chi connectivity index (χ1v) is 8.30. The van der Waals surface area contributed by atoms with Crippen molar-refractivity contribution >= 4 is 0 Å².